The minimum absolute atomic E-state index is 0.0279. The summed E-state index contributed by atoms with van der Waals surface area (Å²) in [7, 11) is 1.87. The van der Waals surface area contributed by atoms with E-state index in [-0.39, 0.29) is 5.91 Å². The number of benzene rings is 1. The molecule has 0 spiro atoms. The quantitative estimate of drug-likeness (QED) is 0.770. The first kappa shape index (κ1) is 16.4. The zero-order chi connectivity index (χ0) is 17.1. The summed E-state index contributed by atoms with van der Waals surface area (Å²) in [4.78, 5) is 16.6. The van der Waals surface area contributed by atoms with E-state index in [1.165, 1.54) is 22.5 Å². The fourth-order valence-corrected chi connectivity index (χ4v) is 3.14. The van der Waals surface area contributed by atoms with Crippen LogP contribution in [0, 0.1) is 13.8 Å². The van der Waals surface area contributed by atoms with Gasteiger partial charge in [-0.05, 0) is 43.0 Å². The van der Waals surface area contributed by atoms with Crippen LogP contribution in [-0.4, -0.2) is 20.7 Å². The number of carbonyl (C=O) groups excluding carboxylic acids is 1. The van der Waals surface area contributed by atoms with E-state index in [4.69, 9.17) is 0 Å². The van der Waals surface area contributed by atoms with Crippen LogP contribution in [0.15, 0.2) is 36.0 Å². The van der Waals surface area contributed by atoms with Gasteiger partial charge in [-0.25, -0.2) is 4.98 Å². The highest BCUT2D eigenvalue weighted by Gasteiger charge is 2.09. The Morgan fingerprint density at radius 1 is 1.29 bits per heavy atom. The third kappa shape index (κ3) is 3.89. The van der Waals surface area contributed by atoms with Gasteiger partial charge >= 0.3 is 0 Å². The second kappa shape index (κ2) is 6.97. The average Bonchev–Trinajstić information content (AvgIpc) is 3.17. The largest absolute Gasteiger partial charge is 0.302 e. The molecule has 1 N–H and O–H groups in total. The minimum atomic E-state index is -0.0279. The van der Waals surface area contributed by atoms with Crippen LogP contribution in [0.4, 0.5) is 5.13 Å². The Morgan fingerprint density at radius 3 is 2.83 bits per heavy atom. The molecule has 0 aliphatic carbocycles. The molecule has 0 saturated heterocycles. The molecule has 6 heteroatoms. The second-order valence-corrected chi connectivity index (χ2v) is 6.77. The van der Waals surface area contributed by atoms with Crippen molar-refractivity contribution in [1.29, 1.82) is 0 Å². The van der Waals surface area contributed by atoms with E-state index in [2.05, 4.69) is 47.4 Å². The molecular weight excluding hydrogens is 320 g/mol. The fourth-order valence-electron chi connectivity index (χ4n) is 2.41. The Labute approximate surface area is 145 Å². The van der Waals surface area contributed by atoms with Crippen LogP contribution in [-0.2, 0) is 18.3 Å². The molecule has 0 atom stereocenters. The molecule has 0 fully saturated rings. The number of hydrogen-bond acceptors (Lipinski definition) is 4. The number of hydrogen-bond donors (Lipinski definition) is 1. The van der Waals surface area contributed by atoms with Gasteiger partial charge in [-0.1, -0.05) is 12.1 Å². The smallest absolute Gasteiger partial charge is 0.226 e. The van der Waals surface area contributed by atoms with Crippen LogP contribution in [0.5, 0.6) is 0 Å². The molecule has 124 valence electrons. The van der Waals surface area contributed by atoms with Gasteiger partial charge in [-0.2, -0.15) is 5.10 Å². The molecule has 3 rings (SSSR count). The summed E-state index contributed by atoms with van der Waals surface area (Å²) in [6.07, 6.45) is 4.81. The molecule has 0 saturated carbocycles. The van der Waals surface area contributed by atoms with Crippen molar-refractivity contribution in [3.05, 3.63) is 52.7 Å². The van der Waals surface area contributed by atoms with Gasteiger partial charge in [0.2, 0.25) is 5.91 Å². The molecule has 1 aromatic carbocycles. The van der Waals surface area contributed by atoms with Crippen molar-refractivity contribution in [2.24, 2.45) is 7.05 Å². The normalized spacial score (nSPS) is 10.8. The van der Waals surface area contributed by atoms with Crippen LogP contribution in [0.3, 0.4) is 0 Å². The highest BCUT2D eigenvalue weighted by Crippen LogP contribution is 2.26. The fraction of sp³-hybridized carbons (Fsp3) is 0.278. The summed E-state index contributed by atoms with van der Waals surface area (Å²) in [5.41, 5.74) is 5.53. The molecule has 0 aliphatic rings. The highest BCUT2D eigenvalue weighted by molar-refractivity contribution is 7.14. The Bertz CT molecular complexity index is 866. The summed E-state index contributed by atoms with van der Waals surface area (Å²) >= 11 is 1.45. The molecule has 24 heavy (non-hydrogen) atoms. The number of rotatable bonds is 5. The maximum Gasteiger partial charge on any atom is 0.226 e. The Balaban J connectivity index is 1.60. The number of carbonyl (C=O) groups is 1. The van der Waals surface area contributed by atoms with E-state index in [1.54, 1.807) is 10.9 Å². The number of anilines is 1. The SMILES string of the molecule is Cc1ccc(-c2csc(NC(=O)CCc3cnn(C)c3)n2)cc1C. The summed E-state index contributed by atoms with van der Waals surface area (Å²) in [5, 5.41) is 9.59. The summed E-state index contributed by atoms with van der Waals surface area (Å²) < 4.78 is 1.74. The van der Waals surface area contributed by atoms with E-state index in [1.807, 2.05) is 18.6 Å². The lowest BCUT2D eigenvalue weighted by Crippen LogP contribution is -2.12. The average molecular weight is 340 g/mol. The maximum absolute atomic E-state index is 12.1. The van der Waals surface area contributed by atoms with Crippen LogP contribution in [0.2, 0.25) is 0 Å². The zero-order valence-electron chi connectivity index (χ0n) is 14.0. The molecule has 0 unspecified atom stereocenters. The van der Waals surface area contributed by atoms with Gasteiger partial charge in [-0.15, -0.1) is 11.3 Å². The molecule has 2 heterocycles. The lowest BCUT2D eigenvalue weighted by molar-refractivity contribution is -0.116. The Hall–Kier alpha value is -2.47. The molecule has 5 nitrogen and oxygen atoms in total. The van der Waals surface area contributed by atoms with Gasteiger partial charge in [0.1, 0.15) is 0 Å². The van der Waals surface area contributed by atoms with E-state index in [9.17, 15) is 4.79 Å². The molecule has 2 aromatic heterocycles. The summed E-state index contributed by atoms with van der Waals surface area (Å²) in [6.45, 7) is 4.18. The summed E-state index contributed by atoms with van der Waals surface area (Å²) in [6, 6.07) is 6.28. The zero-order valence-corrected chi connectivity index (χ0v) is 14.9. The molecule has 3 aromatic rings. The number of thiazole rings is 1. The number of nitrogens with one attached hydrogen (secondary N) is 1. The van der Waals surface area contributed by atoms with E-state index in [0.717, 1.165) is 16.8 Å². The van der Waals surface area contributed by atoms with Crippen molar-refractivity contribution < 1.29 is 4.79 Å². The first-order valence-electron chi connectivity index (χ1n) is 7.82. The number of aryl methyl sites for hydroxylation is 4. The molecule has 1 amide bonds. The summed E-state index contributed by atoms with van der Waals surface area (Å²) in [5.74, 6) is -0.0279. The minimum Gasteiger partial charge on any atom is -0.302 e. The van der Waals surface area contributed by atoms with Crippen molar-refractivity contribution in [3.63, 3.8) is 0 Å². The van der Waals surface area contributed by atoms with Crippen LogP contribution in [0.1, 0.15) is 23.1 Å². The molecule has 0 radical (unpaired) electrons. The third-order valence-corrected chi connectivity index (χ3v) is 4.71. The highest BCUT2D eigenvalue weighted by atomic mass is 32.1. The predicted molar refractivity (Wildman–Crippen MR) is 97.2 cm³/mol. The van der Waals surface area contributed by atoms with Gasteiger partial charge in [0.15, 0.2) is 5.13 Å². The van der Waals surface area contributed by atoms with Gasteiger partial charge < -0.3 is 5.32 Å². The maximum atomic E-state index is 12.1. The van der Waals surface area contributed by atoms with E-state index < -0.39 is 0 Å². The van der Waals surface area contributed by atoms with Gasteiger partial charge in [0.05, 0.1) is 11.9 Å². The standard InChI is InChI=1S/C18H20N4OS/c1-12-4-6-15(8-13(12)2)16-11-24-18(20-16)21-17(23)7-5-14-9-19-22(3)10-14/h4,6,8-11H,5,7H2,1-3H3,(H,20,21,23). The van der Waals surface area contributed by atoms with Crippen molar-refractivity contribution in [1.82, 2.24) is 14.8 Å². The molecular formula is C18H20N4OS. The van der Waals surface area contributed by atoms with Gasteiger partial charge in [0.25, 0.3) is 0 Å². The Morgan fingerprint density at radius 2 is 2.12 bits per heavy atom. The lowest BCUT2D eigenvalue weighted by atomic mass is 10.1. The van der Waals surface area contributed by atoms with Crippen molar-refractivity contribution in [3.8, 4) is 11.3 Å². The third-order valence-electron chi connectivity index (χ3n) is 3.95. The van der Waals surface area contributed by atoms with Crippen molar-refractivity contribution in [2.75, 3.05) is 5.32 Å². The second-order valence-electron chi connectivity index (χ2n) is 5.91. The lowest BCUT2D eigenvalue weighted by Gasteiger charge is -2.03. The number of aromatic nitrogens is 3. The first-order chi connectivity index (χ1) is 11.5. The van der Waals surface area contributed by atoms with Gasteiger partial charge in [0, 0.05) is 30.6 Å². The van der Waals surface area contributed by atoms with Crippen LogP contribution < -0.4 is 5.32 Å². The molecule has 0 aliphatic heterocycles. The number of amides is 1. The monoisotopic (exact) mass is 340 g/mol. The first-order valence-corrected chi connectivity index (χ1v) is 8.70. The molecule has 0 bridgehead atoms. The predicted octanol–water partition coefficient (Wildman–Crippen LogP) is 3.73. The van der Waals surface area contributed by atoms with E-state index >= 15 is 0 Å². The van der Waals surface area contributed by atoms with Crippen molar-refractivity contribution in [2.45, 2.75) is 26.7 Å². The number of nitrogens with zero attached hydrogens (tertiary/aromatic N) is 3. The van der Waals surface area contributed by atoms with Crippen LogP contribution in [0.25, 0.3) is 11.3 Å². The van der Waals surface area contributed by atoms with Crippen LogP contribution >= 0.6 is 11.3 Å². The van der Waals surface area contributed by atoms with E-state index in [0.29, 0.717) is 18.0 Å². The van der Waals surface area contributed by atoms with Gasteiger partial charge in [-0.3, -0.25) is 9.48 Å². The Kier molecular flexibility index (Phi) is 4.76. The topological polar surface area (TPSA) is 59.8 Å². The van der Waals surface area contributed by atoms with Crippen molar-refractivity contribution >= 4 is 22.4 Å².